The molecule has 0 saturated heterocycles. The molecule has 2 N–H and O–H groups in total. The van der Waals surface area contributed by atoms with E-state index in [9.17, 15) is 23.6 Å². The van der Waals surface area contributed by atoms with Crippen LogP contribution in [0.5, 0.6) is 5.75 Å². The fourth-order valence-corrected chi connectivity index (χ4v) is 2.78. The van der Waals surface area contributed by atoms with Gasteiger partial charge in [-0.1, -0.05) is 0 Å². The Labute approximate surface area is 121 Å². The lowest BCUT2D eigenvalue weighted by molar-refractivity contribution is -0.385. The van der Waals surface area contributed by atoms with Gasteiger partial charge < -0.3 is 14.6 Å². The second kappa shape index (κ2) is 7.31. The van der Waals surface area contributed by atoms with Gasteiger partial charge in [0.05, 0.1) is 24.7 Å². The second-order valence-corrected chi connectivity index (χ2v) is 5.79. The van der Waals surface area contributed by atoms with Gasteiger partial charge in [-0.2, -0.15) is 0 Å². The summed E-state index contributed by atoms with van der Waals surface area (Å²) in [6, 6.07) is 3.22. The van der Waals surface area contributed by atoms with Gasteiger partial charge in [-0.25, -0.2) is 13.1 Å². The van der Waals surface area contributed by atoms with E-state index in [4.69, 9.17) is 4.74 Å². The van der Waals surface area contributed by atoms with Crippen LogP contribution in [0.2, 0.25) is 0 Å². The van der Waals surface area contributed by atoms with E-state index in [0.717, 1.165) is 12.1 Å². The molecule has 0 bridgehead atoms. The molecule has 9 nitrogen and oxygen atoms in total. The van der Waals surface area contributed by atoms with Crippen LogP contribution >= 0.6 is 0 Å². The minimum Gasteiger partial charge on any atom is -0.495 e. The average molecular weight is 320 g/mol. The van der Waals surface area contributed by atoms with Gasteiger partial charge in [0.2, 0.25) is 10.0 Å². The molecule has 0 fully saturated rings. The highest BCUT2D eigenvalue weighted by Gasteiger charge is 2.23. The Bertz CT molecular complexity index is 603. The Morgan fingerprint density at radius 3 is 2.62 bits per heavy atom. The lowest BCUT2D eigenvalue weighted by Gasteiger charge is -2.13. The van der Waals surface area contributed by atoms with Crippen LogP contribution in [0.3, 0.4) is 0 Å². The predicted octanol–water partition coefficient (Wildman–Crippen LogP) is -0.111. The molecule has 0 amide bonds. The van der Waals surface area contributed by atoms with Crippen molar-refractivity contribution in [2.24, 2.45) is 0 Å². The number of nitro benzene ring substituents is 1. The number of hydrogen-bond donors (Lipinski definition) is 2. The highest BCUT2D eigenvalue weighted by molar-refractivity contribution is 7.89. The van der Waals surface area contributed by atoms with Crippen molar-refractivity contribution in [2.45, 2.75) is 11.0 Å². The smallest absolute Gasteiger partial charge is 0.271 e. The van der Waals surface area contributed by atoms with Crippen LogP contribution in [0.1, 0.15) is 0 Å². The first kappa shape index (κ1) is 17.3. The van der Waals surface area contributed by atoms with Crippen molar-refractivity contribution in [3.63, 3.8) is 0 Å². The molecule has 1 atom stereocenters. The van der Waals surface area contributed by atoms with Gasteiger partial charge in [0.25, 0.3) is 5.69 Å². The zero-order valence-electron chi connectivity index (χ0n) is 11.5. The van der Waals surface area contributed by atoms with E-state index < -0.39 is 21.1 Å². The molecule has 0 saturated carbocycles. The van der Waals surface area contributed by atoms with Gasteiger partial charge in [-0.05, 0) is 6.07 Å². The van der Waals surface area contributed by atoms with Crippen molar-refractivity contribution in [3.05, 3.63) is 28.3 Å². The Morgan fingerprint density at radius 1 is 1.43 bits per heavy atom. The van der Waals surface area contributed by atoms with E-state index in [1.54, 1.807) is 0 Å². The van der Waals surface area contributed by atoms with Crippen molar-refractivity contribution in [1.82, 2.24) is 4.72 Å². The first-order chi connectivity index (χ1) is 9.81. The Morgan fingerprint density at radius 2 is 2.10 bits per heavy atom. The number of rotatable bonds is 8. The van der Waals surface area contributed by atoms with Crippen molar-refractivity contribution < 1.29 is 27.9 Å². The van der Waals surface area contributed by atoms with Crippen molar-refractivity contribution >= 4 is 15.7 Å². The maximum atomic E-state index is 12.1. The molecule has 1 aromatic carbocycles. The zero-order valence-corrected chi connectivity index (χ0v) is 12.3. The van der Waals surface area contributed by atoms with Gasteiger partial charge in [0.1, 0.15) is 10.6 Å². The normalized spacial score (nSPS) is 12.9. The predicted molar refractivity (Wildman–Crippen MR) is 72.7 cm³/mol. The van der Waals surface area contributed by atoms with Crippen LogP contribution in [0.25, 0.3) is 0 Å². The average Bonchev–Trinajstić information content (AvgIpc) is 2.44. The Kier molecular flexibility index (Phi) is 6.03. The molecule has 1 rings (SSSR count). The third-order valence-electron chi connectivity index (χ3n) is 2.52. The molecule has 118 valence electrons. The SMILES string of the molecule is COCC(O)CNS(=O)(=O)c1cc([N+](=O)[O-])ccc1OC. The molecule has 0 aliphatic heterocycles. The van der Waals surface area contributed by atoms with Gasteiger partial charge in [0.15, 0.2) is 0 Å². The van der Waals surface area contributed by atoms with E-state index >= 15 is 0 Å². The van der Waals surface area contributed by atoms with Crippen molar-refractivity contribution in [3.8, 4) is 5.75 Å². The van der Waals surface area contributed by atoms with Crippen LogP contribution in [-0.2, 0) is 14.8 Å². The fourth-order valence-electron chi connectivity index (χ4n) is 1.52. The highest BCUT2D eigenvalue weighted by atomic mass is 32.2. The number of methoxy groups -OCH3 is 2. The summed E-state index contributed by atoms with van der Waals surface area (Å²) < 4.78 is 36.0. The van der Waals surface area contributed by atoms with Crippen molar-refractivity contribution in [1.29, 1.82) is 0 Å². The van der Waals surface area contributed by atoms with Gasteiger partial charge in [-0.3, -0.25) is 10.1 Å². The molecule has 1 unspecified atom stereocenters. The summed E-state index contributed by atoms with van der Waals surface area (Å²) in [5.41, 5.74) is -0.381. The van der Waals surface area contributed by atoms with Crippen LogP contribution in [0.4, 0.5) is 5.69 Å². The molecule has 1 aromatic rings. The standard InChI is InChI=1S/C11H16N2O7S/c1-19-7-9(14)6-12-21(17,18)11-5-8(13(15)16)3-4-10(11)20-2/h3-5,9,12,14H,6-7H2,1-2H3. The van der Waals surface area contributed by atoms with Gasteiger partial charge >= 0.3 is 0 Å². The first-order valence-electron chi connectivity index (χ1n) is 5.81. The zero-order chi connectivity index (χ0) is 16.0. The van der Waals surface area contributed by atoms with Crippen LogP contribution in [0.15, 0.2) is 23.1 Å². The molecule has 0 aliphatic carbocycles. The first-order valence-corrected chi connectivity index (χ1v) is 7.29. The van der Waals surface area contributed by atoms with Crippen LogP contribution < -0.4 is 9.46 Å². The number of hydrogen-bond acceptors (Lipinski definition) is 7. The molecular weight excluding hydrogens is 304 g/mol. The summed E-state index contributed by atoms with van der Waals surface area (Å²) in [6.07, 6.45) is -1.03. The Hall–Kier alpha value is -1.75. The largest absolute Gasteiger partial charge is 0.495 e. The summed E-state index contributed by atoms with van der Waals surface area (Å²) in [7, 11) is -1.46. The van der Waals surface area contributed by atoms with E-state index in [-0.39, 0.29) is 29.5 Å². The number of nitro groups is 1. The summed E-state index contributed by atoms with van der Waals surface area (Å²) >= 11 is 0. The molecule has 10 heteroatoms. The number of aliphatic hydroxyl groups excluding tert-OH is 1. The van der Waals surface area contributed by atoms with Crippen LogP contribution in [-0.4, -0.2) is 51.9 Å². The Balaban J connectivity index is 3.05. The van der Waals surface area contributed by atoms with E-state index in [0.29, 0.717) is 0 Å². The molecule has 0 heterocycles. The number of nitrogens with one attached hydrogen (secondary N) is 1. The maximum Gasteiger partial charge on any atom is 0.271 e. The molecule has 0 spiro atoms. The molecular formula is C11H16N2O7S. The van der Waals surface area contributed by atoms with E-state index in [2.05, 4.69) is 9.46 Å². The van der Waals surface area contributed by atoms with E-state index in [1.807, 2.05) is 0 Å². The van der Waals surface area contributed by atoms with Gasteiger partial charge in [-0.15, -0.1) is 0 Å². The third-order valence-corrected chi connectivity index (χ3v) is 3.96. The summed E-state index contributed by atoms with van der Waals surface area (Å²) in [5.74, 6) is -0.0330. The lowest BCUT2D eigenvalue weighted by Crippen LogP contribution is -2.34. The fraction of sp³-hybridized carbons (Fsp3) is 0.455. The number of ether oxygens (including phenoxy) is 2. The summed E-state index contributed by atoms with van der Waals surface area (Å²) in [6.45, 7) is -0.337. The topological polar surface area (TPSA) is 128 Å². The minimum atomic E-state index is -4.07. The minimum absolute atomic E-state index is 0.0330. The number of nitrogens with zero attached hydrogens (tertiary/aromatic N) is 1. The highest BCUT2D eigenvalue weighted by Crippen LogP contribution is 2.27. The molecule has 0 aliphatic rings. The molecule has 21 heavy (non-hydrogen) atoms. The number of aliphatic hydroxyl groups is 1. The monoisotopic (exact) mass is 320 g/mol. The third kappa shape index (κ3) is 4.63. The number of benzene rings is 1. The summed E-state index contributed by atoms with van der Waals surface area (Å²) in [4.78, 5) is 9.64. The molecule has 0 radical (unpaired) electrons. The van der Waals surface area contributed by atoms with Crippen LogP contribution in [0, 0.1) is 10.1 Å². The summed E-state index contributed by atoms with van der Waals surface area (Å²) in [5, 5.41) is 20.2. The van der Waals surface area contributed by atoms with Gasteiger partial charge in [0, 0.05) is 25.8 Å². The number of non-ortho nitro benzene ring substituents is 1. The maximum absolute atomic E-state index is 12.1. The van der Waals surface area contributed by atoms with E-state index in [1.165, 1.54) is 20.3 Å². The molecule has 0 aromatic heterocycles. The lowest BCUT2D eigenvalue weighted by atomic mass is 10.3. The quantitative estimate of drug-likeness (QED) is 0.505. The number of sulfonamides is 1. The second-order valence-electron chi connectivity index (χ2n) is 4.05. The van der Waals surface area contributed by atoms with Crippen molar-refractivity contribution in [2.75, 3.05) is 27.4 Å².